The lowest BCUT2D eigenvalue weighted by molar-refractivity contribution is -0.222. The fourth-order valence-electron chi connectivity index (χ4n) is 3.40. The summed E-state index contributed by atoms with van der Waals surface area (Å²) in [5, 5.41) is 7.65. The molecule has 0 amide bonds. The van der Waals surface area contributed by atoms with Crippen LogP contribution >= 0.6 is 11.8 Å². The van der Waals surface area contributed by atoms with E-state index in [1.165, 1.54) is 6.92 Å². The molecule has 130 valence electrons. The Morgan fingerprint density at radius 2 is 2.17 bits per heavy atom. The van der Waals surface area contributed by atoms with Crippen molar-refractivity contribution in [2.24, 2.45) is 10.8 Å². The molecule has 6 atom stereocenters. The number of carbonyl (C=O) groups is 2. The first kappa shape index (κ1) is 16.9. The average Bonchev–Trinajstić information content (AvgIpc) is 3.08. The molecule has 0 radical (unpaired) electrons. The third kappa shape index (κ3) is 2.05. The summed E-state index contributed by atoms with van der Waals surface area (Å²) in [5.74, 6) is -1.95. The van der Waals surface area contributed by atoms with Crippen LogP contribution in [-0.2, 0) is 19.1 Å². The Labute approximate surface area is 134 Å². The first-order chi connectivity index (χ1) is 10.6. The van der Waals surface area contributed by atoms with Crippen LogP contribution in [0.1, 0.15) is 26.7 Å². The SMILES string of the molecule is CCC(C)(CO)C(=O)OC1C2CC3(C(F)(F)F)C(=O)OC1C3S2. The molecule has 2 bridgehead atoms. The number of ether oxygens (including phenoxy) is 2. The molecule has 5 nitrogen and oxygen atoms in total. The number of hydrogen-bond donors (Lipinski definition) is 1. The van der Waals surface area contributed by atoms with Crippen molar-refractivity contribution >= 4 is 23.7 Å². The van der Waals surface area contributed by atoms with Crippen LogP contribution in [0.5, 0.6) is 0 Å². The van der Waals surface area contributed by atoms with Gasteiger partial charge in [0.05, 0.1) is 17.3 Å². The predicted molar refractivity (Wildman–Crippen MR) is 73.5 cm³/mol. The molecule has 6 unspecified atom stereocenters. The number of halogens is 3. The van der Waals surface area contributed by atoms with Gasteiger partial charge in [-0.2, -0.15) is 13.2 Å². The molecule has 3 aliphatic heterocycles. The van der Waals surface area contributed by atoms with Crippen LogP contribution in [0.15, 0.2) is 0 Å². The van der Waals surface area contributed by atoms with Crippen molar-refractivity contribution in [1.29, 1.82) is 0 Å². The van der Waals surface area contributed by atoms with Crippen molar-refractivity contribution < 1.29 is 37.3 Å². The molecule has 3 aliphatic rings. The number of aliphatic hydroxyl groups excluding tert-OH is 1. The number of carbonyl (C=O) groups excluding carboxylic acids is 2. The maximum Gasteiger partial charge on any atom is 0.406 e. The molecule has 0 aromatic carbocycles. The number of hydrogen-bond acceptors (Lipinski definition) is 6. The molecule has 0 aromatic rings. The summed E-state index contributed by atoms with van der Waals surface area (Å²) in [6.45, 7) is 2.81. The van der Waals surface area contributed by atoms with Crippen molar-refractivity contribution in [3.63, 3.8) is 0 Å². The number of rotatable bonds is 4. The second kappa shape index (κ2) is 5.02. The Balaban J connectivity index is 1.82. The van der Waals surface area contributed by atoms with Gasteiger partial charge in [-0.1, -0.05) is 6.92 Å². The molecule has 0 saturated carbocycles. The van der Waals surface area contributed by atoms with Gasteiger partial charge in [-0.15, -0.1) is 11.8 Å². The smallest absolute Gasteiger partial charge is 0.406 e. The number of alkyl halides is 3. The van der Waals surface area contributed by atoms with Crippen LogP contribution in [0.4, 0.5) is 13.2 Å². The van der Waals surface area contributed by atoms with Gasteiger partial charge in [-0.05, 0) is 19.8 Å². The van der Waals surface area contributed by atoms with Gasteiger partial charge in [-0.25, -0.2) is 0 Å². The maximum atomic E-state index is 13.4. The van der Waals surface area contributed by atoms with Crippen molar-refractivity contribution in [3.8, 4) is 0 Å². The maximum absolute atomic E-state index is 13.4. The highest BCUT2D eigenvalue weighted by molar-refractivity contribution is 8.01. The molecule has 9 heteroatoms. The van der Waals surface area contributed by atoms with Crippen LogP contribution in [0.25, 0.3) is 0 Å². The number of aliphatic hydroxyl groups is 1. The van der Waals surface area contributed by atoms with E-state index < -0.39 is 64.7 Å². The zero-order valence-corrected chi connectivity index (χ0v) is 13.4. The van der Waals surface area contributed by atoms with Crippen molar-refractivity contribution in [2.75, 3.05) is 6.61 Å². The van der Waals surface area contributed by atoms with Gasteiger partial charge >= 0.3 is 18.1 Å². The summed E-state index contributed by atoms with van der Waals surface area (Å²) in [5.41, 5.74) is -3.59. The fourth-order valence-corrected chi connectivity index (χ4v) is 5.43. The molecule has 3 fully saturated rings. The molecule has 3 rings (SSSR count). The minimum atomic E-state index is -4.68. The molecular formula is C14H17F3O5S. The first-order valence-electron chi connectivity index (χ1n) is 7.36. The van der Waals surface area contributed by atoms with E-state index in [4.69, 9.17) is 9.47 Å². The van der Waals surface area contributed by atoms with Gasteiger partial charge in [0.25, 0.3) is 0 Å². The lowest BCUT2D eigenvalue weighted by Crippen LogP contribution is -2.52. The average molecular weight is 354 g/mol. The highest BCUT2D eigenvalue weighted by atomic mass is 32.2. The molecule has 3 saturated heterocycles. The van der Waals surface area contributed by atoms with Gasteiger partial charge in [0.15, 0.2) is 17.6 Å². The minimum Gasteiger partial charge on any atom is -0.457 e. The Morgan fingerprint density at radius 1 is 1.52 bits per heavy atom. The summed E-state index contributed by atoms with van der Waals surface area (Å²) in [6.07, 6.45) is -6.74. The number of esters is 2. The summed E-state index contributed by atoms with van der Waals surface area (Å²) < 4.78 is 50.5. The van der Waals surface area contributed by atoms with E-state index >= 15 is 0 Å². The van der Waals surface area contributed by atoms with E-state index in [1.807, 2.05) is 0 Å². The Bertz CT molecular complexity index is 547. The van der Waals surface area contributed by atoms with Gasteiger partial charge < -0.3 is 14.6 Å². The van der Waals surface area contributed by atoms with Gasteiger partial charge in [0.2, 0.25) is 0 Å². The minimum absolute atomic E-state index is 0.327. The highest BCUT2D eigenvalue weighted by Crippen LogP contribution is 2.67. The van der Waals surface area contributed by atoms with E-state index in [1.54, 1.807) is 6.92 Å². The number of fused-ring (bicyclic) bond motifs is 1. The molecule has 23 heavy (non-hydrogen) atoms. The molecule has 1 N–H and O–H groups in total. The highest BCUT2D eigenvalue weighted by Gasteiger charge is 2.81. The van der Waals surface area contributed by atoms with E-state index in [2.05, 4.69) is 0 Å². The summed E-state index contributed by atoms with van der Waals surface area (Å²) in [6, 6.07) is 0. The third-order valence-corrected chi connectivity index (χ3v) is 7.05. The van der Waals surface area contributed by atoms with Crippen LogP contribution in [0.2, 0.25) is 0 Å². The molecular weight excluding hydrogens is 337 g/mol. The summed E-state index contributed by atoms with van der Waals surface area (Å²) >= 11 is 1.01. The zero-order valence-electron chi connectivity index (χ0n) is 12.6. The standard InChI is InChI=1S/C14H17F3O5S/c1-3-12(2,5-18)10(19)21-7-6-4-13(14(15,16)17)9(23-6)8(7)22-11(13)20/h6-9,18H,3-5H2,1-2H3. The van der Waals surface area contributed by atoms with Crippen LogP contribution < -0.4 is 0 Å². The van der Waals surface area contributed by atoms with Crippen molar-refractivity contribution in [3.05, 3.63) is 0 Å². The Morgan fingerprint density at radius 3 is 2.70 bits per heavy atom. The summed E-state index contributed by atoms with van der Waals surface area (Å²) in [4.78, 5) is 24.1. The molecule has 0 aromatic heterocycles. The van der Waals surface area contributed by atoms with Gasteiger partial charge in [-0.3, -0.25) is 9.59 Å². The van der Waals surface area contributed by atoms with Gasteiger partial charge in [0.1, 0.15) is 0 Å². The fraction of sp³-hybridized carbons (Fsp3) is 0.857. The van der Waals surface area contributed by atoms with E-state index in [0.29, 0.717) is 6.42 Å². The molecule has 3 heterocycles. The lowest BCUT2D eigenvalue weighted by atomic mass is 9.73. The van der Waals surface area contributed by atoms with Crippen LogP contribution in [0, 0.1) is 10.8 Å². The molecule has 0 aliphatic carbocycles. The third-order valence-electron chi connectivity index (χ3n) is 5.30. The van der Waals surface area contributed by atoms with E-state index in [-0.39, 0.29) is 0 Å². The van der Waals surface area contributed by atoms with E-state index in [0.717, 1.165) is 11.8 Å². The predicted octanol–water partition coefficient (Wildman–Crippen LogP) is 1.67. The first-order valence-corrected chi connectivity index (χ1v) is 8.30. The van der Waals surface area contributed by atoms with E-state index in [9.17, 15) is 27.9 Å². The topological polar surface area (TPSA) is 72.8 Å². The zero-order chi connectivity index (χ0) is 17.2. The quantitative estimate of drug-likeness (QED) is 0.775. The van der Waals surface area contributed by atoms with Crippen LogP contribution in [0.3, 0.4) is 0 Å². The molecule has 0 spiro atoms. The van der Waals surface area contributed by atoms with Gasteiger partial charge in [0, 0.05) is 5.25 Å². The lowest BCUT2D eigenvalue weighted by Gasteiger charge is -2.33. The van der Waals surface area contributed by atoms with Crippen LogP contribution in [-0.4, -0.2) is 52.5 Å². The monoisotopic (exact) mass is 354 g/mol. The normalized spacial score (nSPS) is 40.9. The van der Waals surface area contributed by atoms with Crippen molar-refractivity contribution in [1.82, 2.24) is 0 Å². The second-order valence-corrected chi connectivity index (χ2v) is 7.97. The second-order valence-electron chi connectivity index (χ2n) is 6.58. The number of thioether (sulfide) groups is 1. The Kier molecular flexibility index (Phi) is 3.68. The van der Waals surface area contributed by atoms with Crippen molar-refractivity contribution in [2.45, 2.75) is 55.6 Å². The Hall–Kier alpha value is -0.960. The largest absolute Gasteiger partial charge is 0.457 e. The summed E-state index contributed by atoms with van der Waals surface area (Å²) in [7, 11) is 0.